The lowest BCUT2D eigenvalue weighted by Crippen LogP contribution is -2.36. The van der Waals surface area contributed by atoms with Crippen molar-refractivity contribution in [3.63, 3.8) is 0 Å². The second-order valence-electron chi connectivity index (χ2n) is 7.34. The minimum atomic E-state index is -0.970. The number of benzene rings is 1. The molecule has 140 valence electrons. The SMILES string of the molecule is Cc1nn(C(C)(C)C)cc1C(C)NC(=O)NCc1ccc(C(=O)O)cc1. The van der Waals surface area contributed by atoms with Crippen LogP contribution in [0.3, 0.4) is 0 Å². The summed E-state index contributed by atoms with van der Waals surface area (Å²) in [5.74, 6) is -0.970. The number of amides is 2. The van der Waals surface area contributed by atoms with Gasteiger partial charge in [0.05, 0.1) is 22.8 Å². The molecule has 0 bridgehead atoms. The van der Waals surface area contributed by atoms with E-state index in [2.05, 4.69) is 36.5 Å². The Morgan fingerprint density at radius 2 is 1.85 bits per heavy atom. The maximum absolute atomic E-state index is 12.1. The van der Waals surface area contributed by atoms with Gasteiger partial charge in [0.15, 0.2) is 0 Å². The van der Waals surface area contributed by atoms with Gasteiger partial charge in [-0.1, -0.05) is 12.1 Å². The first-order valence-corrected chi connectivity index (χ1v) is 8.51. The monoisotopic (exact) mass is 358 g/mol. The van der Waals surface area contributed by atoms with Gasteiger partial charge >= 0.3 is 12.0 Å². The third kappa shape index (κ3) is 4.84. The van der Waals surface area contributed by atoms with Crippen molar-refractivity contribution in [2.45, 2.75) is 52.7 Å². The van der Waals surface area contributed by atoms with Crippen molar-refractivity contribution in [3.05, 3.63) is 52.8 Å². The van der Waals surface area contributed by atoms with Gasteiger partial charge in [0.1, 0.15) is 0 Å². The Hall–Kier alpha value is -2.83. The topological polar surface area (TPSA) is 96.3 Å². The maximum atomic E-state index is 12.1. The average molecular weight is 358 g/mol. The van der Waals surface area contributed by atoms with E-state index >= 15 is 0 Å². The lowest BCUT2D eigenvalue weighted by Gasteiger charge is -2.19. The highest BCUT2D eigenvalue weighted by atomic mass is 16.4. The third-order valence-electron chi connectivity index (χ3n) is 4.09. The summed E-state index contributed by atoms with van der Waals surface area (Å²) >= 11 is 0. The van der Waals surface area contributed by atoms with Crippen LogP contribution in [0.25, 0.3) is 0 Å². The Morgan fingerprint density at radius 3 is 2.35 bits per heavy atom. The lowest BCUT2D eigenvalue weighted by atomic mass is 10.1. The number of aryl methyl sites for hydroxylation is 1. The van der Waals surface area contributed by atoms with Crippen molar-refractivity contribution in [2.75, 3.05) is 0 Å². The molecule has 0 aliphatic rings. The molecule has 7 heteroatoms. The van der Waals surface area contributed by atoms with Crippen LogP contribution in [-0.2, 0) is 12.1 Å². The van der Waals surface area contributed by atoms with Gasteiger partial charge in [-0.2, -0.15) is 5.10 Å². The van der Waals surface area contributed by atoms with E-state index in [0.717, 1.165) is 16.8 Å². The number of nitrogens with one attached hydrogen (secondary N) is 2. The number of rotatable bonds is 5. The van der Waals surface area contributed by atoms with E-state index in [1.165, 1.54) is 12.1 Å². The number of carboxylic acid groups (broad SMARTS) is 1. The normalized spacial score (nSPS) is 12.5. The highest BCUT2D eigenvalue weighted by Gasteiger charge is 2.20. The molecule has 7 nitrogen and oxygen atoms in total. The van der Waals surface area contributed by atoms with Crippen LogP contribution in [0, 0.1) is 6.92 Å². The van der Waals surface area contributed by atoms with Crippen LogP contribution < -0.4 is 10.6 Å². The van der Waals surface area contributed by atoms with Crippen molar-refractivity contribution in [1.82, 2.24) is 20.4 Å². The molecule has 1 aromatic carbocycles. The largest absolute Gasteiger partial charge is 0.478 e. The molecule has 2 aromatic rings. The quantitative estimate of drug-likeness (QED) is 0.765. The Bertz CT molecular complexity index is 788. The number of aromatic carboxylic acids is 1. The van der Waals surface area contributed by atoms with E-state index in [0.29, 0.717) is 6.54 Å². The van der Waals surface area contributed by atoms with Gasteiger partial charge in [0.25, 0.3) is 0 Å². The van der Waals surface area contributed by atoms with E-state index in [1.807, 2.05) is 24.7 Å². The summed E-state index contributed by atoms with van der Waals surface area (Å²) in [5.41, 5.74) is 2.79. The number of hydrogen-bond acceptors (Lipinski definition) is 3. The predicted octanol–water partition coefficient (Wildman–Crippen LogP) is 3.21. The zero-order valence-corrected chi connectivity index (χ0v) is 15.8. The van der Waals surface area contributed by atoms with Crippen LogP contribution in [0.15, 0.2) is 30.5 Å². The molecule has 0 radical (unpaired) electrons. The number of nitrogens with zero attached hydrogens (tertiary/aromatic N) is 2. The Kier molecular flexibility index (Phi) is 5.69. The number of hydrogen-bond donors (Lipinski definition) is 3. The Morgan fingerprint density at radius 1 is 1.23 bits per heavy atom. The second-order valence-corrected chi connectivity index (χ2v) is 7.34. The van der Waals surface area contributed by atoms with Crippen LogP contribution in [0.2, 0.25) is 0 Å². The first-order chi connectivity index (χ1) is 12.1. The minimum absolute atomic E-state index is 0.118. The highest BCUT2D eigenvalue weighted by Crippen LogP contribution is 2.21. The zero-order chi connectivity index (χ0) is 19.5. The molecule has 1 unspecified atom stereocenters. The van der Waals surface area contributed by atoms with E-state index in [1.54, 1.807) is 12.1 Å². The molecular weight excluding hydrogens is 332 g/mol. The van der Waals surface area contributed by atoms with Crippen LogP contribution in [-0.4, -0.2) is 26.9 Å². The van der Waals surface area contributed by atoms with Gasteiger partial charge in [0, 0.05) is 18.3 Å². The van der Waals surface area contributed by atoms with Gasteiger partial charge in [-0.3, -0.25) is 4.68 Å². The maximum Gasteiger partial charge on any atom is 0.335 e. The molecule has 0 saturated heterocycles. The minimum Gasteiger partial charge on any atom is -0.478 e. The average Bonchev–Trinajstić information content (AvgIpc) is 2.95. The smallest absolute Gasteiger partial charge is 0.335 e. The molecule has 0 fully saturated rings. The zero-order valence-electron chi connectivity index (χ0n) is 15.8. The molecule has 0 spiro atoms. The summed E-state index contributed by atoms with van der Waals surface area (Å²) in [7, 11) is 0. The van der Waals surface area contributed by atoms with Crippen LogP contribution >= 0.6 is 0 Å². The number of carbonyl (C=O) groups excluding carboxylic acids is 1. The molecule has 1 heterocycles. The predicted molar refractivity (Wildman–Crippen MR) is 99.1 cm³/mol. The molecular formula is C19H26N4O3. The Labute approximate surface area is 153 Å². The third-order valence-corrected chi connectivity index (χ3v) is 4.09. The summed E-state index contributed by atoms with van der Waals surface area (Å²) in [6.45, 7) is 10.4. The molecule has 3 N–H and O–H groups in total. The van der Waals surface area contributed by atoms with Gasteiger partial charge in [-0.15, -0.1) is 0 Å². The van der Waals surface area contributed by atoms with Gasteiger partial charge in [-0.05, 0) is 52.3 Å². The van der Waals surface area contributed by atoms with Crippen molar-refractivity contribution < 1.29 is 14.7 Å². The number of urea groups is 1. The van der Waals surface area contributed by atoms with Gasteiger partial charge in [0.2, 0.25) is 0 Å². The van der Waals surface area contributed by atoms with Crippen LogP contribution in [0.1, 0.15) is 60.9 Å². The molecule has 0 saturated carbocycles. The van der Waals surface area contributed by atoms with E-state index in [4.69, 9.17) is 5.11 Å². The van der Waals surface area contributed by atoms with E-state index < -0.39 is 5.97 Å². The van der Waals surface area contributed by atoms with Crippen molar-refractivity contribution in [3.8, 4) is 0 Å². The summed E-state index contributed by atoms with van der Waals surface area (Å²) in [4.78, 5) is 23.0. The summed E-state index contributed by atoms with van der Waals surface area (Å²) in [5, 5.41) is 19.1. The molecule has 0 aliphatic carbocycles. The summed E-state index contributed by atoms with van der Waals surface area (Å²) < 4.78 is 1.90. The number of carboxylic acids is 1. The standard InChI is InChI=1S/C19H26N4O3/c1-12(16-11-23(19(3,4)5)22-13(16)2)21-18(26)20-10-14-6-8-15(9-7-14)17(24)25/h6-9,11-12H,10H2,1-5H3,(H,24,25)(H2,20,21,26). The van der Waals surface area contributed by atoms with Gasteiger partial charge < -0.3 is 15.7 Å². The van der Waals surface area contributed by atoms with E-state index in [9.17, 15) is 9.59 Å². The van der Waals surface area contributed by atoms with Crippen LogP contribution in [0.5, 0.6) is 0 Å². The van der Waals surface area contributed by atoms with Crippen molar-refractivity contribution in [1.29, 1.82) is 0 Å². The summed E-state index contributed by atoms with van der Waals surface area (Å²) in [6, 6.07) is 5.94. The number of carbonyl (C=O) groups is 2. The van der Waals surface area contributed by atoms with E-state index in [-0.39, 0.29) is 23.2 Å². The molecule has 1 atom stereocenters. The first-order valence-electron chi connectivity index (χ1n) is 8.51. The van der Waals surface area contributed by atoms with Gasteiger partial charge in [-0.25, -0.2) is 9.59 Å². The van der Waals surface area contributed by atoms with Crippen LogP contribution in [0.4, 0.5) is 4.79 Å². The summed E-state index contributed by atoms with van der Waals surface area (Å²) in [6.07, 6.45) is 1.96. The first kappa shape index (κ1) is 19.5. The molecule has 2 amide bonds. The highest BCUT2D eigenvalue weighted by molar-refractivity contribution is 5.87. The fourth-order valence-corrected chi connectivity index (χ4v) is 2.52. The molecule has 2 rings (SSSR count). The fraction of sp³-hybridized carbons (Fsp3) is 0.421. The van der Waals surface area contributed by atoms with Crippen molar-refractivity contribution in [2.24, 2.45) is 0 Å². The molecule has 1 aromatic heterocycles. The molecule has 0 aliphatic heterocycles. The Balaban J connectivity index is 1.93. The molecule has 26 heavy (non-hydrogen) atoms. The number of aromatic nitrogens is 2. The lowest BCUT2D eigenvalue weighted by molar-refractivity contribution is 0.0697. The van der Waals surface area contributed by atoms with Crippen molar-refractivity contribution >= 4 is 12.0 Å². The fourth-order valence-electron chi connectivity index (χ4n) is 2.52. The second kappa shape index (κ2) is 7.59.